The number of halogens is 4. The predicted octanol–water partition coefficient (Wildman–Crippen LogP) is 6.54. The van der Waals surface area contributed by atoms with E-state index in [0.29, 0.717) is 63.0 Å². The average molecular weight is 704 g/mol. The predicted molar refractivity (Wildman–Crippen MR) is 180 cm³/mol. The van der Waals surface area contributed by atoms with E-state index in [0.717, 1.165) is 62.5 Å². The number of hydrogen-bond acceptors (Lipinski definition) is 5. The Morgan fingerprint density at radius 1 is 0.898 bits per heavy atom. The summed E-state index contributed by atoms with van der Waals surface area (Å²) in [5, 5.41) is 2.53. The highest BCUT2D eigenvalue weighted by Crippen LogP contribution is 2.36. The molecule has 0 unspecified atom stereocenters. The SMILES string of the molecule is CN1CCC(C2CCN(C(=O)[C@@H](Cc3ccc(C(F)(F)F)c(Cl)c3)OC(=O)N3CCC(N4CCc5ccccc5NC4=O)CC3)CC2)CC1. The van der Waals surface area contributed by atoms with Crippen LogP contribution in [0.2, 0.25) is 5.02 Å². The van der Waals surface area contributed by atoms with Crippen LogP contribution in [-0.2, 0) is 28.5 Å². The van der Waals surface area contributed by atoms with E-state index in [4.69, 9.17) is 16.3 Å². The van der Waals surface area contributed by atoms with Gasteiger partial charge < -0.3 is 29.7 Å². The number of benzene rings is 2. The molecule has 4 aliphatic heterocycles. The Balaban J connectivity index is 1.09. The van der Waals surface area contributed by atoms with Crippen LogP contribution in [0.1, 0.15) is 55.2 Å². The Labute approximate surface area is 290 Å². The Bertz CT molecular complexity index is 1500. The second kappa shape index (κ2) is 15.2. The van der Waals surface area contributed by atoms with Gasteiger partial charge in [0.1, 0.15) is 0 Å². The van der Waals surface area contributed by atoms with E-state index in [1.165, 1.54) is 12.1 Å². The van der Waals surface area contributed by atoms with Crippen molar-refractivity contribution in [2.75, 3.05) is 58.2 Å². The summed E-state index contributed by atoms with van der Waals surface area (Å²) in [5.41, 5.74) is 1.30. The van der Waals surface area contributed by atoms with Crippen LogP contribution in [0.5, 0.6) is 0 Å². The number of alkyl halides is 3. The van der Waals surface area contributed by atoms with E-state index in [1.807, 2.05) is 29.2 Å². The minimum Gasteiger partial charge on any atom is -0.436 e. The second-order valence-corrected chi connectivity index (χ2v) is 14.3. The molecule has 1 N–H and O–H groups in total. The largest absolute Gasteiger partial charge is 0.436 e. The molecule has 9 nitrogen and oxygen atoms in total. The van der Waals surface area contributed by atoms with Gasteiger partial charge in [-0.05, 0) is 106 Å². The molecular weight excluding hydrogens is 659 g/mol. The van der Waals surface area contributed by atoms with E-state index in [-0.39, 0.29) is 24.4 Å². The van der Waals surface area contributed by atoms with Crippen molar-refractivity contribution in [1.82, 2.24) is 19.6 Å². The van der Waals surface area contributed by atoms with E-state index < -0.39 is 29.0 Å². The molecule has 4 aliphatic rings. The fourth-order valence-corrected chi connectivity index (χ4v) is 8.21. The van der Waals surface area contributed by atoms with Gasteiger partial charge >= 0.3 is 18.3 Å². The van der Waals surface area contributed by atoms with Crippen LogP contribution in [-0.4, -0.2) is 103 Å². The number of para-hydroxylation sites is 1. The second-order valence-electron chi connectivity index (χ2n) is 13.9. The first-order valence-electron chi connectivity index (χ1n) is 17.4. The molecule has 3 fully saturated rings. The van der Waals surface area contributed by atoms with Crippen molar-refractivity contribution in [3.8, 4) is 0 Å². The number of anilines is 1. The Hall–Kier alpha value is -3.51. The molecule has 2 aromatic rings. The quantitative estimate of drug-likeness (QED) is 0.370. The van der Waals surface area contributed by atoms with E-state index in [9.17, 15) is 27.6 Å². The Kier molecular flexibility index (Phi) is 10.9. The van der Waals surface area contributed by atoms with Gasteiger partial charge in [-0.15, -0.1) is 0 Å². The molecule has 3 saturated heterocycles. The van der Waals surface area contributed by atoms with E-state index in [2.05, 4.69) is 17.3 Å². The van der Waals surface area contributed by atoms with Crippen molar-refractivity contribution in [3.05, 3.63) is 64.2 Å². The third-order valence-electron chi connectivity index (χ3n) is 10.9. The molecule has 6 rings (SSSR count). The fourth-order valence-electron chi connectivity index (χ4n) is 7.90. The van der Waals surface area contributed by atoms with Crippen LogP contribution in [0.4, 0.5) is 28.4 Å². The molecule has 49 heavy (non-hydrogen) atoms. The summed E-state index contributed by atoms with van der Waals surface area (Å²) in [7, 11) is 2.14. The first-order valence-corrected chi connectivity index (χ1v) is 17.8. The normalized spacial score (nSPS) is 21.2. The topological polar surface area (TPSA) is 85.4 Å². The molecule has 4 heterocycles. The highest BCUT2D eigenvalue weighted by Gasteiger charge is 2.38. The van der Waals surface area contributed by atoms with Crippen molar-refractivity contribution in [1.29, 1.82) is 0 Å². The van der Waals surface area contributed by atoms with E-state index in [1.54, 1.807) is 9.80 Å². The van der Waals surface area contributed by atoms with Gasteiger partial charge in [0.05, 0.1) is 10.6 Å². The number of likely N-dealkylation sites (tertiary alicyclic amines) is 3. The number of ether oxygens (including phenoxy) is 1. The zero-order valence-electron chi connectivity index (χ0n) is 27.9. The highest BCUT2D eigenvalue weighted by atomic mass is 35.5. The van der Waals surface area contributed by atoms with Crippen molar-refractivity contribution < 1.29 is 32.3 Å². The Morgan fingerprint density at radius 3 is 2.18 bits per heavy atom. The number of carbonyl (C=O) groups excluding carboxylic acids is 3. The third kappa shape index (κ3) is 8.45. The van der Waals surface area contributed by atoms with Gasteiger partial charge in [0.2, 0.25) is 0 Å². The maximum absolute atomic E-state index is 13.9. The number of nitrogens with zero attached hydrogens (tertiary/aromatic N) is 4. The molecule has 2 aromatic carbocycles. The van der Waals surface area contributed by atoms with Crippen molar-refractivity contribution in [2.45, 2.75) is 69.7 Å². The van der Waals surface area contributed by atoms with Crippen LogP contribution in [0, 0.1) is 11.8 Å². The number of piperidine rings is 3. The lowest BCUT2D eigenvalue weighted by Gasteiger charge is -2.40. The van der Waals surface area contributed by atoms with Crippen molar-refractivity contribution in [2.24, 2.45) is 11.8 Å². The van der Waals surface area contributed by atoms with Crippen LogP contribution in [0.15, 0.2) is 42.5 Å². The number of nitrogens with one attached hydrogen (secondary N) is 1. The minimum absolute atomic E-state index is 0.0593. The maximum Gasteiger partial charge on any atom is 0.417 e. The van der Waals surface area contributed by atoms with Crippen LogP contribution in [0.3, 0.4) is 0 Å². The number of fused-ring (bicyclic) bond motifs is 1. The summed E-state index contributed by atoms with van der Waals surface area (Å²) >= 11 is 6.01. The monoisotopic (exact) mass is 703 g/mol. The average Bonchev–Trinajstić information content (AvgIpc) is 3.25. The first-order chi connectivity index (χ1) is 23.5. The summed E-state index contributed by atoms with van der Waals surface area (Å²) in [4.78, 5) is 48.0. The molecule has 0 aliphatic carbocycles. The van der Waals surface area contributed by atoms with Crippen LogP contribution in [0.25, 0.3) is 0 Å². The zero-order valence-corrected chi connectivity index (χ0v) is 28.6. The molecule has 4 amide bonds. The Morgan fingerprint density at radius 2 is 1.53 bits per heavy atom. The minimum atomic E-state index is -4.61. The molecule has 266 valence electrons. The lowest BCUT2D eigenvalue weighted by Crippen LogP contribution is -2.52. The number of amides is 4. The number of urea groups is 1. The van der Waals surface area contributed by atoms with Gasteiger partial charge in [0, 0.05) is 50.9 Å². The van der Waals surface area contributed by atoms with Gasteiger partial charge in [-0.2, -0.15) is 13.2 Å². The van der Waals surface area contributed by atoms with Gasteiger partial charge in [-0.3, -0.25) is 4.79 Å². The first kappa shape index (κ1) is 35.3. The standard InChI is InChI=1S/C36H45ClF3N5O4/c1-42-15-8-25(9-16-42)26-10-17-43(18-11-26)33(46)32(23-24-6-7-29(30(37)22-24)36(38,39)40)49-35(48)44-19-13-28(14-20-44)45-21-12-27-4-2-3-5-31(27)41-34(45)47/h2-7,22,25-26,28,32H,8-21,23H2,1H3,(H,41,47)/t32-/m1/s1. The summed E-state index contributed by atoms with van der Waals surface area (Å²) in [6, 6.07) is 10.9. The van der Waals surface area contributed by atoms with Crippen molar-refractivity contribution in [3.63, 3.8) is 0 Å². The molecule has 1 atom stereocenters. The summed E-state index contributed by atoms with van der Waals surface area (Å²) in [6.45, 7) is 4.50. The summed E-state index contributed by atoms with van der Waals surface area (Å²) < 4.78 is 46.0. The molecule has 0 spiro atoms. The number of rotatable bonds is 6. The van der Waals surface area contributed by atoms with E-state index >= 15 is 0 Å². The van der Waals surface area contributed by atoms with Crippen molar-refractivity contribution >= 4 is 35.3 Å². The highest BCUT2D eigenvalue weighted by molar-refractivity contribution is 6.31. The van der Waals surface area contributed by atoms with Gasteiger partial charge in [-0.1, -0.05) is 35.9 Å². The summed E-state index contributed by atoms with van der Waals surface area (Å²) in [6.07, 6.45) is -0.700. The molecule has 13 heteroatoms. The molecule has 0 saturated carbocycles. The van der Waals surface area contributed by atoms with Gasteiger partial charge in [-0.25, -0.2) is 9.59 Å². The van der Waals surface area contributed by atoms with Gasteiger partial charge in [0.25, 0.3) is 5.91 Å². The lowest BCUT2D eigenvalue weighted by atomic mass is 9.79. The molecule has 0 bridgehead atoms. The number of hydrogen-bond donors (Lipinski definition) is 1. The van der Waals surface area contributed by atoms with Crippen LogP contribution < -0.4 is 5.32 Å². The lowest BCUT2D eigenvalue weighted by molar-refractivity contribution is -0.143. The number of carbonyl (C=O) groups is 3. The fraction of sp³-hybridized carbons (Fsp3) is 0.583. The van der Waals surface area contributed by atoms with Gasteiger partial charge in [0.15, 0.2) is 6.10 Å². The maximum atomic E-state index is 13.9. The molecule has 0 aromatic heterocycles. The smallest absolute Gasteiger partial charge is 0.417 e. The van der Waals surface area contributed by atoms with Crippen LogP contribution >= 0.6 is 11.6 Å². The summed E-state index contributed by atoms with van der Waals surface area (Å²) in [5.74, 6) is 0.825. The molecular formula is C36H45ClF3N5O4. The zero-order chi connectivity index (χ0) is 34.7. The third-order valence-corrected chi connectivity index (χ3v) is 11.2. The molecule has 0 radical (unpaired) electrons.